The van der Waals surface area contributed by atoms with Crippen LogP contribution in [0.25, 0.3) is 0 Å². The monoisotopic (exact) mass is 351 g/mol. The predicted octanol–water partition coefficient (Wildman–Crippen LogP) is 2.32. The molecule has 0 aliphatic carbocycles. The molecule has 0 aliphatic rings. The first-order chi connectivity index (χ1) is 12.5. The Balaban J connectivity index is 1.62. The first-order valence-electron chi connectivity index (χ1n) is 7.84. The van der Waals surface area contributed by atoms with Crippen molar-refractivity contribution >= 4 is 11.9 Å². The third kappa shape index (κ3) is 4.07. The van der Waals surface area contributed by atoms with Gasteiger partial charge in [0.15, 0.2) is 0 Å². The first-order valence-corrected chi connectivity index (χ1v) is 7.84. The van der Waals surface area contributed by atoms with Crippen LogP contribution in [0.15, 0.2) is 60.9 Å². The van der Waals surface area contributed by atoms with Gasteiger partial charge in [0.1, 0.15) is 23.9 Å². The second kappa shape index (κ2) is 7.52. The van der Waals surface area contributed by atoms with Gasteiger partial charge in [-0.2, -0.15) is 0 Å². The van der Waals surface area contributed by atoms with E-state index in [0.717, 1.165) is 5.82 Å². The van der Waals surface area contributed by atoms with Crippen molar-refractivity contribution in [2.45, 2.75) is 6.61 Å². The normalized spacial score (nSPS) is 10.3. The zero-order valence-corrected chi connectivity index (χ0v) is 14.1. The molecule has 0 fully saturated rings. The molecule has 1 aromatic heterocycles. The van der Waals surface area contributed by atoms with Crippen LogP contribution in [0.2, 0.25) is 0 Å². The van der Waals surface area contributed by atoms with Gasteiger partial charge in [-0.25, -0.2) is 9.78 Å². The number of esters is 1. The standard InChI is InChI=1S/C19H17N3O4/c1-22-10-9-21-17(22)12-25-15-7-5-13(6-8-15)19(24)26-16-4-2-3-14(11-16)18(20)23/h2-11H,12H2,1H3,(H2,20,23). The van der Waals surface area contributed by atoms with Crippen LogP contribution in [0.5, 0.6) is 11.5 Å². The van der Waals surface area contributed by atoms with Crippen molar-refractivity contribution in [1.82, 2.24) is 9.55 Å². The van der Waals surface area contributed by atoms with Crippen LogP contribution in [0.4, 0.5) is 0 Å². The van der Waals surface area contributed by atoms with Crippen LogP contribution in [-0.4, -0.2) is 21.4 Å². The second-order valence-electron chi connectivity index (χ2n) is 5.55. The summed E-state index contributed by atoms with van der Waals surface area (Å²) in [5.41, 5.74) is 5.85. The lowest BCUT2D eigenvalue weighted by Gasteiger charge is -2.08. The average Bonchev–Trinajstić information content (AvgIpc) is 3.05. The smallest absolute Gasteiger partial charge is 0.343 e. The minimum Gasteiger partial charge on any atom is -0.486 e. The number of ether oxygens (including phenoxy) is 2. The molecule has 0 saturated heterocycles. The van der Waals surface area contributed by atoms with Crippen molar-refractivity contribution in [2.75, 3.05) is 0 Å². The van der Waals surface area contributed by atoms with E-state index in [1.807, 2.05) is 17.8 Å². The Kier molecular flexibility index (Phi) is 4.98. The molecule has 1 amide bonds. The van der Waals surface area contributed by atoms with Crippen LogP contribution in [-0.2, 0) is 13.7 Å². The molecule has 7 heteroatoms. The Labute approximate surface area is 150 Å². The van der Waals surface area contributed by atoms with Crippen molar-refractivity contribution < 1.29 is 19.1 Å². The Hall–Kier alpha value is -3.61. The van der Waals surface area contributed by atoms with Crippen molar-refractivity contribution in [3.8, 4) is 11.5 Å². The van der Waals surface area contributed by atoms with Crippen molar-refractivity contribution in [3.05, 3.63) is 77.9 Å². The molecule has 0 radical (unpaired) electrons. The van der Waals surface area contributed by atoms with Crippen molar-refractivity contribution in [1.29, 1.82) is 0 Å². The van der Waals surface area contributed by atoms with E-state index in [1.54, 1.807) is 48.7 Å². The summed E-state index contributed by atoms with van der Waals surface area (Å²) in [6, 6.07) is 12.7. The summed E-state index contributed by atoms with van der Waals surface area (Å²) >= 11 is 0. The lowest BCUT2D eigenvalue weighted by molar-refractivity contribution is 0.0733. The van der Waals surface area contributed by atoms with E-state index in [2.05, 4.69) is 4.98 Å². The molecular weight excluding hydrogens is 334 g/mol. The van der Waals surface area contributed by atoms with Gasteiger partial charge in [-0.15, -0.1) is 0 Å². The van der Waals surface area contributed by atoms with Crippen LogP contribution in [0.1, 0.15) is 26.5 Å². The largest absolute Gasteiger partial charge is 0.486 e. The number of carbonyl (C=O) groups is 2. The molecule has 3 rings (SSSR count). The van der Waals surface area contributed by atoms with E-state index < -0.39 is 11.9 Å². The molecule has 1 heterocycles. The Morgan fingerprint density at radius 2 is 1.85 bits per heavy atom. The molecule has 3 aromatic rings. The number of imidazole rings is 1. The fourth-order valence-electron chi connectivity index (χ4n) is 2.25. The maximum absolute atomic E-state index is 12.2. The van der Waals surface area contributed by atoms with Gasteiger partial charge in [-0.3, -0.25) is 4.79 Å². The molecule has 26 heavy (non-hydrogen) atoms. The molecule has 7 nitrogen and oxygen atoms in total. The summed E-state index contributed by atoms with van der Waals surface area (Å²) in [4.78, 5) is 27.6. The molecule has 0 atom stereocenters. The number of aryl methyl sites for hydroxylation is 1. The average molecular weight is 351 g/mol. The highest BCUT2D eigenvalue weighted by molar-refractivity contribution is 5.94. The van der Waals surface area contributed by atoms with Gasteiger partial charge < -0.3 is 19.8 Å². The molecular formula is C19H17N3O4. The Bertz CT molecular complexity index is 932. The summed E-state index contributed by atoms with van der Waals surface area (Å²) in [6.07, 6.45) is 3.54. The quantitative estimate of drug-likeness (QED) is 0.543. The van der Waals surface area contributed by atoms with Gasteiger partial charge >= 0.3 is 5.97 Å². The summed E-state index contributed by atoms with van der Waals surface area (Å²) in [6.45, 7) is 0.327. The van der Waals surface area contributed by atoms with Gasteiger partial charge in [0.2, 0.25) is 5.91 Å². The van der Waals surface area contributed by atoms with Crippen LogP contribution in [0.3, 0.4) is 0 Å². The maximum Gasteiger partial charge on any atom is 0.343 e. The van der Waals surface area contributed by atoms with Gasteiger partial charge in [-0.1, -0.05) is 6.07 Å². The van der Waals surface area contributed by atoms with Crippen molar-refractivity contribution in [2.24, 2.45) is 12.8 Å². The molecule has 132 valence electrons. The number of hydrogen-bond donors (Lipinski definition) is 1. The van der Waals surface area contributed by atoms with Crippen LogP contribution < -0.4 is 15.2 Å². The first kappa shape index (κ1) is 17.2. The highest BCUT2D eigenvalue weighted by Gasteiger charge is 2.10. The number of rotatable bonds is 6. The van der Waals surface area contributed by atoms with Gasteiger partial charge in [-0.05, 0) is 42.5 Å². The van der Waals surface area contributed by atoms with Crippen molar-refractivity contribution in [3.63, 3.8) is 0 Å². The van der Waals surface area contributed by atoms with Crippen LogP contribution in [0, 0.1) is 0 Å². The summed E-state index contributed by atoms with van der Waals surface area (Å²) in [5.74, 6) is 0.531. The highest BCUT2D eigenvalue weighted by atomic mass is 16.5. The van der Waals surface area contributed by atoms with Gasteiger partial charge in [0.25, 0.3) is 0 Å². The number of carbonyl (C=O) groups excluding carboxylic acids is 2. The maximum atomic E-state index is 12.2. The number of aromatic nitrogens is 2. The molecule has 2 aromatic carbocycles. The van der Waals surface area contributed by atoms with E-state index in [-0.39, 0.29) is 11.3 Å². The zero-order valence-electron chi connectivity index (χ0n) is 14.1. The molecule has 2 N–H and O–H groups in total. The van der Waals surface area contributed by atoms with Gasteiger partial charge in [0.05, 0.1) is 5.56 Å². The number of benzene rings is 2. The number of amides is 1. The van der Waals surface area contributed by atoms with E-state index in [4.69, 9.17) is 15.2 Å². The van der Waals surface area contributed by atoms with Gasteiger partial charge in [0, 0.05) is 25.0 Å². The fraction of sp³-hybridized carbons (Fsp3) is 0.105. The third-order valence-corrected chi connectivity index (χ3v) is 3.71. The lowest BCUT2D eigenvalue weighted by atomic mass is 10.2. The second-order valence-corrected chi connectivity index (χ2v) is 5.55. The van der Waals surface area contributed by atoms with E-state index in [1.165, 1.54) is 6.07 Å². The molecule has 0 bridgehead atoms. The number of hydrogen-bond acceptors (Lipinski definition) is 5. The summed E-state index contributed by atoms with van der Waals surface area (Å²) < 4.78 is 12.8. The Morgan fingerprint density at radius 3 is 2.50 bits per heavy atom. The number of primary amides is 1. The summed E-state index contributed by atoms with van der Waals surface area (Å²) in [7, 11) is 1.89. The minimum absolute atomic E-state index is 0.251. The highest BCUT2D eigenvalue weighted by Crippen LogP contribution is 2.17. The van der Waals surface area contributed by atoms with E-state index >= 15 is 0 Å². The van der Waals surface area contributed by atoms with Crippen LogP contribution >= 0.6 is 0 Å². The Morgan fingerprint density at radius 1 is 1.08 bits per heavy atom. The SMILES string of the molecule is Cn1ccnc1COc1ccc(C(=O)Oc2cccc(C(N)=O)c2)cc1. The van der Waals surface area contributed by atoms with E-state index in [9.17, 15) is 9.59 Å². The van der Waals surface area contributed by atoms with E-state index in [0.29, 0.717) is 17.9 Å². The third-order valence-electron chi connectivity index (χ3n) is 3.71. The zero-order chi connectivity index (χ0) is 18.5. The predicted molar refractivity (Wildman–Crippen MR) is 93.9 cm³/mol. The minimum atomic E-state index is -0.586. The number of nitrogens with two attached hydrogens (primary N) is 1. The number of nitrogens with zero attached hydrogens (tertiary/aromatic N) is 2. The topological polar surface area (TPSA) is 96.4 Å². The molecule has 0 spiro atoms. The molecule has 0 unspecified atom stereocenters. The fourth-order valence-corrected chi connectivity index (χ4v) is 2.25. The lowest BCUT2D eigenvalue weighted by Crippen LogP contribution is -2.12. The molecule has 0 saturated carbocycles. The molecule has 0 aliphatic heterocycles. The summed E-state index contributed by atoms with van der Waals surface area (Å²) in [5, 5.41) is 0.